The Bertz CT molecular complexity index is 501. The molecule has 2 N–H and O–H groups in total. The summed E-state index contributed by atoms with van der Waals surface area (Å²) < 4.78 is 28.4. The minimum Gasteiger partial charge on any atom is -0.390 e. The molecule has 7 heteroatoms. The van der Waals surface area contributed by atoms with Gasteiger partial charge in [0.15, 0.2) is 0 Å². The topological polar surface area (TPSA) is 59.3 Å². The zero-order valence-electron chi connectivity index (χ0n) is 11.4. The van der Waals surface area contributed by atoms with E-state index in [2.05, 4.69) is 5.32 Å². The molecule has 0 aliphatic carbocycles. The van der Waals surface area contributed by atoms with Crippen molar-refractivity contribution in [2.24, 2.45) is 0 Å². The third-order valence-corrected chi connectivity index (χ3v) is 3.50. The van der Waals surface area contributed by atoms with E-state index in [0.29, 0.717) is 26.2 Å². The van der Waals surface area contributed by atoms with Crippen LogP contribution in [0, 0.1) is 11.3 Å². The molecule has 0 radical (unpaired) electrons. The highest BCUT2D eigenvalue weighted by molar-refractivity contribution is 5.85. The van der Waals surface area contributed by atoms with E-state index in [1.807, 2.05) is 6.07 Å². The number of halogens is 3. The molecule has 4 nitrogen and oxygen atoms in total. The van der Waals surface area contributed by atoms with Gasteiger partial charge in [0.05, 0.1) is 11.6 Å². The minimum atomic E-state index is -3.29. The number of nitrogens with one attached hydrogen (secondary N) is 1. The summed E-state index contributed by atoms with van der Waals surface area (Å²) in [7, 11) is 0. The second kappa shape index (κ2) is 7.66. The Hall–Kier alpha value is -1.26. The predicted molar refractivity (Wildman–Crippen MR) is 77.6 cm³/mol. The number of nitrogens with zero attached hydrogens (tertiary/aromatic N) is 2. The Morgan fingerprint density at radius 2 is 1.95 bits per heavy atom. The van der Waals surface area contributed by atoms with Crippen LogP contribution in [0.2, 0.25) is 0 Å². The molecule has 0 aromatic heterocycles. The highest BCUT2D eigenvalue weighted by atomic mass is 35.5. The van der Waals surface area contributed by atoms with Crippen LogP contribution in [0.4, 0.5) is 8.78 Å². The number of aliphatic hydroxyl groups excluding tert-OH is 1. The molecule has 1 fully saturated rings. The number of hydrogen-bond acceptors (Lipinski definition) is 4. The molecule has 1 aromatic rings. The van der Waals surface area contributed by atoms with Gasteiger partial charge in [-0.25, -0.2) is 8.78 Å². The third kappa shape index (κ3) is 3.89. The maximum Gasteiger partial charge on any atom is 0.289 e. The maximum atomic E-state index is 14.2. The zero-order valence-corrected chi connectivity index (χ0v) is 12.2. The summed E-state index contributed by atoms with van der Waals surface area (Å²) in [5, 5.41) is 21.3. The van der Waals surface area contributed by atoms with Gasteiger partial charge in [-0.2, -0.15) is 5.26 Å². The molecule has 1 aromatic carbocycles. The summed E-state index contributed by atoms with van der Waals surface area (Å²) in [6.07, 6.45) is 0. The number of aliphatic hydroxyl groups is 1. The van der Waals surface area contributed by atoms with Gasteiger partial charge in [0.2, 0.25) is 0 Å². The molecule has 1 saturated heterocycles. The first kappa shape index (κ1) is 17.8. The van der Waals surface area contributed by atoms with Crippen molar-refractivity contribution in [2.45, 2.75) is 12.0 Å². The summed E-state index contributed by atoms with van der Waals surface area (Å²) in [4.78, 5) is 1.63. The zero-order chi connectivity index (χ0) is 14.6. The molecule has 1 aliphatic heterocycles. The molecule has 2 rings (SSSR count). The number of rotatable bonds is 4. The normalized spacial score (nSPS) is 17.6. The van der Waals surface area contributed by atoms with Crippen LogP contribution in [0.5, 0.6) is 0 Å². The van der Waals surface area contributed by atoms with E-state index in [9.17, 15) is 8.78 Å². The van der Waals surface area contributed by atoms with E-state index in [1.54, 1.807) is 17.0 Å². The van der Waals surface area contributed by atoms with Crippen LogP contribution in [0.25, 0.3) is 0 Å². The first-order valence-corrected chi connectivity index (χ1v) is 6.52. The van der Waals surface area contributed by atoms with E-state index in [4.69, 9.17) is 10.4 Å². The van der Waals surface area contributed by atoms with Crippen molar-refractivity contribution in [2.75, 3.05) is 32.8 Å². The van der Waals surface area contributed by atoms with E-state index in [0.717, 1.165) is 0 Å². The summed E-state index contributed by atoms with van der Waals surface area (Å²) in [5.41, 5.74) is 0.500. The van der Waals surface area contributed by atoms with Gasteiger partial charge in [0, 0.05) is 26.2 Å². The molecule has 1 aliphatic rings. The average molecular weight is 318 g/mol. The first-order valence-electron chi connectivity index (χ1n) is 6.52. The smallest absolute Gasteiger partial charge is 0.289 e. The molecule has 1 heterocycles. The molecular formula is C14H18ClF2N3O. The quantitative estimate of drug-likeness (QED) is 0.884. The van der Waals surface area contributed by atoms with Crippen LogP contribution in [0.15, 0.2) is 24.3 Å². The number of nitriles is 1. The Labute approximate surface area is 128 Å². The lowest BCUT2D eigenvalue weighted by atomic mass is 9.94. The van der Waals surface area contributed by atoms with Gasteiger partial charge in [-0.3, -0.25) is 4.90 Å². The van der Waals surface area contributed by atoms with E-state index >= 15 is 0 Å². The standard InChI is InChI=1S/C14H17F2N3O.ClH/c15-14(16,10-20)13(19-7-5-18-6-8-19)12-4-2-1-3-11(12)9-17;/h1-4,13,18,20H,5-8,10H2;1H/t13-;/m1./s1. The lowest BCUT2D eigenvalue weighted by Crippen LogP contribution is -2.51. The van der Waals surface area contributed by atoms with Gasteiger partial charge in [0.1, 0.15) is 12.6 Å². The van der Waals surface area contributed by atoms with Crippen LogP contribution < -0.4 is 5.32 Å². The van der Waals surface area contributed by atoms with Crippen LogP contribution in [0.3, 0.4) is 0 Å². The fourth-order valence-corrected chi connectivity index (χ4v) is 2.56. The maximum absolute atomic E-state index is 14.2. The summed E-state index contributed by atoms with van der Waals surface area (Å²) in [6.45, 7) is 0.918. The molecule has 1 atom stereocenters. The van der Waals surface area contributed by atoms with Crippen molar-refractivity contribution in [1.29, 1.82) is 5.26 Å². The Morgan fingerprint density at radius 1 is 1.33 bits per heavy atom. The van der Waals surface area contributed by atoms with E-state index < -0.39 is 18.6 Å². The summed E-state index contributed by atoms with van der Waals surface area (Å²) in [5.74, 6) is -3.29. The molecule has 0 saturated carbocycles. The van der Waals surface area contributed by atoms with Crippen LogP contribution in [0.1, 0.15) is 17.2 Å². The van der Waals surface area contributed by atoms with Crippen molar-refractivity contribution < 1.29 is 13.9 Å². The predicted octanol–water partition coefficient (Wildman–Crippen LogP) is 1.55. The molecule has 116 valence electrons. The van der Waals surface area contributed by atoms with Crippen molar-refractivity contribution in [1.82, 2.24) is 10.2 Å². The fourth-order valence-electron chi connectivity index (χ4n) is 2.56. The summed E-state index contributed by atoms with van der Waals surface area (Å²) in [6, 6.07) is 7.03. The lowest BCUT2D eigenvalue weighted by Gasteiger charge is -2.39. The van der Waals surface area contributed by atoms with Crippen molar-refractivity contribution >= 4 is 12.4 Å². The van der Waals surface area contributed by atoms with Crippen molar-refractivity contribution in [3.8, 4) is 6.07 Å². The highest BCUT2D eigenvalue weighted by Gasteiger charge is 2.44. The fraction of sp³-hybridized carbons (Fsp3) is 0.500. The largest absolute Gasteiger partial charge is 0.390 e. The number of hydrogen-bond donors (Lipinski definition) is 2. The second-order valence-corrected chi connectivity index (χ2v) is 4.81. The molecule has 21 heavy (non-hydrogen) atoms. The molecule has 0 amide bonds. The van der Waals surface area contributed by atoms with Crippen LogP contribution in [-0.4, -0.2) is 48.7 Å². The minimum absolute atomic E-state index is 0. The van der Waals surface area contributed by atoms with Gasteiger partial charge < -0.3 is 10.4 Å². The van der Waals surface area contributed by atoms with Crippen molar-refractivity contribution in [3.05, 3.63) is 35.4 Å². The average Bonchev–Trinajstić information content (AvgIpc) is 2.49. The first-order chi connectivity index (χ1) is 9.60. The molecule has 0 spiro atoms. The highest BCUT2D eigenvalue weighted by Crippen LogP contribution is 2.37. The molecule has 0 bridgehead atoms. The SMILES string of the molecule is Cl.N#Cc1ccccc1[C@@H](N1CCNCC1)C(F)(F)CO. The number of alkyl halides is 2. The van der Waals surface area contributed by atoms with Gasteiger partial charge >= 0.3 is 0 Å². The Balaban J connectivity index is 0.00000220. The monoisotopic (exact) mass is 317 g/mol. The van der Waals surface area contributed by atoms with Gasteiger partial charge in [-0.1, -0.05) is 18.2 Å². The molecular weight excluding hydrogens is 300 g/mol. The van der Waals surface area contributed by atoms with Gasteiger partial charge in [-0.15, -0.1) is 12.4 Å². The third-order valence-electron chi connectivity index (χ3n) is 3.50. The molecule has 0 unspecified atom stereocenters. The van der Waals surface area contributed by atoms with Gasteiger partial charge in [-0.05, 0) is 11.6 Å². The van der Waals surface area contributed by atoms with Crippen LogP contribution >= 0.6 is 12.4 Å². The summed E-state index contributed by atoms with van der Waals surface area (Å²) >= 11 is 0. The number of piperazine rings is 1. The number of benzene rings is 1. The lowest BCUT2D eigenvalue weighted by molar-refractivity contribution is -0.118. The second-order valence-electron chi connectivity index (χ2n) is 4.81. The Kier molecular flexibility index (Phi) is 6.49. The van der Waals surface area contributed by atoms with Crippen LogP contribution in [-0.2, 0) is 0 Å². The van der Waals surface area contributed by atoms with Gasteiger partial charge in [0.25, 0.3) is 5.92 Å². The Morgan fingerprint density at radius 3 is 2.52 bits per heavy atom. The van der Waals surface area contributed by atoms with E-state index in [1.165, 1.54) is 12.1 Å². The van der Waals surface area contributed by atoms with Crippen molar-refractivity contribution in [3.63, 3.8) is 0 Å². The van der Waals surface area contributed by atoms with E-state index in [-0.39, 0.29) is 23.5 Å².